The molecule has 1 saturated heterocycles. The number of hydrogen-bond donors (Lipinski definition) is 1. The van der Waals surface area contributed by atoms with Crippen LogP contribution in [0.2, 0.25) is 0 Å². The van der Waals surface area contributed by atoms with Crippen LogP contribution in [-0.4, -0.2) is 25.1 Å². The van der Waals surface area contributed by atoms with E-state index in [1.807, 2.05) is 6.92 Å². The van der Waals surface area contributed by atoms with Gasteiger partial charge in [-0.2, -0.15) is 0 Å². The van der Waals surface area contributed by atoms with E-state index in [9.17, 15) is 17.6 Å². The first-order chi connectivity index (χ1) is 9.33. The first-order valence-electron chi connectivity index (χ1n) is 6.30. The summed E-state index contributed by atoms with van der Waals surface area (Å²) in [5.41, 5.74) is 1.27. The Labute approximate surface area is 112 Å². The normalized spacial score (nSPS) is 28.9. The minimum Gasteiger partial charge on any atom is -0.403 e. The lowest BCUT2D eigenvalue weighted by atomic mass is 10.1. The number of morpholine rings is 1. The van der Waals surface area contributed by atoms with E-state index in [0.717, 1.165) is 12.1 Å². The average Bonchev–Trinajstić information content (AvgIpc) is 2.64. The summed E-state index contributed by atoms with van der Waals surface area (Å²) < 4.78 is 59.7. The van der Waals surface area contributed by atoms with Gasteiger partial charge in [0.15, 0.2) is 11.6 Å². The molecule has 1 aliphatic heterocycles. The summed E-state index contributed by atoms with van der Waals surface area (Å²) in [4.78, 5) is 0. The molecule has 1 aromatic carbocycles. The molecule has 110 valence electrons. The summed E-state index contributed by atoms with van der Waals surface area (Å²) in [5.74, 6) is -1.80. The Hall–Kier alpha value is -1.34. The monoisotopic (exact) mass is 291 g/mol. The maximum Gasteiger partial charge on any atom is 0.573 e. The highest BCUT2D eigenvalue weighted by molar-refractivity contribution is 5.43. The molecule has 0 bridgehead atoms. The van der Waals surface area contributed by atoms with Gasteiger partial charge in [0.05, 0.1) is 18.2 Å². The van der Waals surface area contributed by atoms with E-state index in [0.29, 0.717) is 24.1 Å². The molecular weight excluding hydrogens is 278 g/mol. The number of nitrogens with one attached hydrogen (secondary N) is 1. The van der Waals surface area contributed by atoms with E-state index < -0.39 is 17.9 Å². The van der Waals surface area contributed by atoms with Gasteiger partial charge in [0, 0.05) is 13.0 Å². The molecule has 0 saturated carbocycles. The van der Waals surface area contributed by atoms with E-state index in [2.05, 4.69) is 10.1 Å². The smallest absolute Gasteiger partial charge is 0.403 e. The Bertz CT molecular complexity index is 532. The van der Waals surface area contributed by atoms with E-state index >= 15 is 0 Å². The van der Waals surface area contributed by atoms with Gasteiger partial charge in [-0.1, -0.05) is 0 Å². The number of hydrogen-bond acceptors (Lipinski definition) is 3. The third-order valence-corrected chi connectivity index (χ3v) is 3.58. The van der Waals surface area contributed by atoms with E-state index in [4.69, 9.17) is 4.74 Å². The number of benzene rings is 1. The van der Waals surface area contributed by atoms with Crippen molar-refractivity contribution in [1.82, 2.24) is 5.32 Å². The number of fused-ring (bicyclic) bond motifs is 3. The zero-order valence-electron chi connectivity index (χ0n) is 10.6. The molecule has 0 spiro atoms. The quantitative estimate of drug-likeness (QED) is 0.807. The van der Waals surface area contributed by atoms with Crippen LogP contribution in [0.25, 0.3) is 0 Å². The van der Waals surface area contributed by atoms with Crippen molar-refractivity contribution in [2.45, 2.75) is 38.0 Å². The SMILES string of the molecule is CC1CN[C@H]2c3cc(F)c(OC(F)(F)F)cc3C[C@H]2O1. The molecule has 3 rings (SSSR count). The molecule has 1 heterocycles. The van der Waals surface area contributed by atoms with Crippen LogP contribution in [0.3, 0.4) is 0 Å². The molecular formula is C13H13F4NO2. The predicted molar refractivity (Wildman–Crippen MR) is 61.9 cm³/mol. The predicted octanol–water partition coefficient (Wildman–Crippen LogP) is 2.70. The molecule has 3 nitrogen and oxygen atoms in total. The molecule has 1 aromatic rings. The van der Waals surface area contributed by atoms with E-state index in [1.54, 1.807) is 0 Å². The lowest BCUT2D eigenvalue weighted by molar-refractivity contribution is -0.275. The van der Waals surface area contributed by atoms with Crippen molar-refractivity contribution in [3.8, 4) is 5.75 Å². The number of halogens is 4. The molecule has 1 aliphatic carbocycles. The highest BCUT2D eigenvalue weighted by atomic mass is 19.4. The second-order valence-electron chi connectivity index (χ2n) is 5.10. The largest absolute Gasteiger partial charge is 0.573 e. The molecule has 7 heteroatoms. The maximum atomic E-state index is 13.7. The fourth-order valence-corrected chi connectivity index (χ4v) is 2.82. The van der Waals surface area contributed by atoms with E-state index in [-0.39, 0.29) is 18.2 Å². The Balaban J connectivity index is 1.90. The maximum absolute atomic E-state index is 13.7. The zero-order valence-corrected chi connectivity index (χ0v) is 10.6. The van der Waals surface area contributed by atoms with Gasteiger partial charge in [0.1, 0.15) is 0 Å². The van der Waals surface area contributed by atoms with Gasteiger partial charge in [-0.3, -0.25) is 0 Å². The van der Waals surface area contributed by atoms with Crippen molar-refractivity contribution in [2.24, 2.45) is 0 Å². The molecule has 20 heavy (non-hydrogen) atoms. The van der Waals surface area contributed by atoms with Gasteiger partial charge >= 0.3 is 6.36 Å². The lowest BCUT2D eigenvalue weighted by Crippen LogP contribution is -2.44. The summed E-state index contributed by atoms with van der Waals surface area (Å²) in [6.07, 6.45) is -4.59. The van der Waals surface area contributed by atoms with Gasteiger partial charge in [0.25, 0.3) is 0 Å². The molecule has 3 atom stereocenters. The average molecular weight is 291 g/mol. The first kappa shape index (κ1) is 13.6. The highest BCUT2D eigenvalue weighted by Gasteiger charge is 2.39. The van der Waals surface area contributed by atoms with Gasteiger partial charge in [-0.25, -0.2) is 4.39 Å². The first-order valence-corrected chi connectivity index (χ1v) is 6.30. The minimum atomic E-state index is -4.90. The van der Waals surface area contributed by atoms with Crippen LogP contribution in [0.15, 0.2) is 12.1 Å². The minimum absolute atomic E-state index is 0.0290. The lowest BCUT2D eigenvalue weighted by Gasteiger charge is -2.32. The summed E-state index contributed by atoms with van der Waals surface area (Å²) in [7, 11) is 0. The second-order valence-corrected chi connectivity index (χ2v) is 5.10. The molecule has 1 N–H and O–H groups in total. The van der Waals surface area contributed by atoms with Crippen molar-refractivity contribution < 1.29 is 27.0 Å². The van der Waals surface area contributed by atoms with Crippen molar-refractivity contribution in [2.75, 3.05) is 6.54 Å². The molecule has 0 radical (unpaired) electrons. The van der Waals surface area contributed by atoms with Crippen molar-refractivity contribution in [1.29, 1.82) is 0 Å². The zero-order chi connectivity index (χ0) is 14.5. The fourth-order valence-electron chi connectivity index (χ4n) is 2.82. The van der Waals surface area contributed by atoms with Crippen LogP contribution in [-0.2, 0) is 11.2 Å². The van der Waals surface area contributed by atoms with Crippen LogP contribution >= 0.6 is 0 Å². The summed E-state index contributed by atoms with van der Waals surface area (Å²) in [5, 5.41) is 3.23. The number of alkyl halides is 3. The summed E-state index contributed by atoms with van der Waals surface area (Å²) in [6, 6.07) is 2.05. The fraction of sp³-hybridized carbons (Fsp3) is 0.538. The molecule has 1 fully saturated rings. The van der Waals surface area contributed by atoms with Crippen LogP contribution < -0.4 is 10.1 Å². The van der Waals surface area contributed by atoms with Crippen LogP contribution in [0, 0.1) is 5.82 Å². The molecule has 2 aliphatic rings. The summed E-state index contributed by atoms with van der Waals surface area (Å²) in [6.45, 7) is 2.54. The van der Waals surface area contributed by atoms with Crippen LogP contribution in [0.1, 0.15) is 24.1 Å². The summed E-state index contributed by atoms with van der Waals surface area (Å²) >= 11 is 0. The molecule has 0 amide bonds. The van der Waals surface area contributed by atoms with Gasteiger partial charge in [-0.05, 0) is 30.2 Å². The topological polar surface area (TPSA) is 30.5 Å². The third kappa shape index (κ3) is 2.47. The second kappa shape index (κ2) is 4.60. The van der Waals surface area contributed by atoms with Crippen molar-refractivity contribution >= 4 is 0 Å². The highest BCUT2D eigenvalue weighted by Crippen LogP contribution is 2.39. The Kier molecular flexibility index (Phi) is 3.13. The number of rotatable bonds is 1. The Morgan fingerprint density at radius 1 is 1.35 bits per heavy atom. The third-order valence-electron chi connectivity index (χ3n) is 3.58. The molecule has 1 unspecified atom stereocenters. The standard InChI is InChI=1S/C13H13F4NO2/c1-6-5-18-12-8-4-9(14)10(20-13(15,16)17)2-7(8)3-11(12)19-6/h2,4,6,11-12,18H,3,5H2,1H3/t6?,11-,12+/m1/s1. The van der Waals surface area contributed by atoms with Crippen LogP contribution in [0.5, 0.6) is 5.75 Å². The Morgan fingerprint density at radius 3 is 2.80 bits per heavy atom. The van der Waals surface area contributed by atoms with Crippen LogP contribution in [0.4, 0.5) is 17.6 Å². The van der Waals surface area contributed by atoms with Crippen molar-refractivity contribution in [3.05, 3.63) is 29.1 Å². The van der Waals surface area contributed by atoms with Gasteiger partial charge in [0.2, 0.25) is 0 Å². The molecule has 0 aromatic heterocycles. The number of ether oxygens (including phenoxy) is 2. The van der Waals surface area contributed by atoms with Crippen molar-refractivity contribution in [3.63, 3.8) is 0 Å². The Morgan fingerprint density at radius 2 is 2.10 bits per heavy atom. The van der Waals surface area contributed by atoms with E-state index in [1.165, 1.54) is 0 Å². The van der Waals surface area contributed by atoms with Gasteiger partial charge < -0.3 is 14.8 Å². The van der Waals surface area contributed by atoms with Gasteiger partial charge in [-0.15, -0.1) is 13.2 Å².